The number of hydrogen-bond donors (Lipinski definition) is 0. The summed E-state index contributed by atoms with van der Waals surface area (Å²) in [5.74, 6) is -1.08. The first-order chi connectivity index (χ1) is 10.5. The van der Waals surface area contributed by atoms with Gasteiger partial charge >= 0.3 is 16.5 Å². The molecule has 0 radical (unpaired) electrons. The number of carboxylic acids is 2. The molecule has 0 bridgehead atoms. The number of benzene rings is 2. The number of ether oxygens (including phenoxy) is 2. The molecule has 7 heteroatoms. The zero-order valence-corrected chi connectivity index (χ0v) is 13.4. The summed E-state index contributed by atoms with van der Waals surface area (Å²) >= 11 is 0. The monoisotopic (exact) mass is 360 g/mol. The first kappa shape index (κ1) is 20.5. The third kappa shape index (κ3) is 6.84. The molecule has 0 heterocycles. The average molecular weight is 361 g/mol. The Morgan fingerprint density at radius 3 is 1.13 bits per heavy atom. The maximum atomic E-state index is 10.2. The van der Waals surface area contributed by atoms with E-state index in [0.717, 1.165) is 0 Å². The van der Waals surface area contributed by atoms with Gasteiger partial charge in [0.2, 0.25) is 0 Å². The van der Waals surface area contributed by atoms with Crippen molar-refractivity contribution < 1.29 is 45.8 Å². The quantitative estimate of drug-likeness (QED) is 0.718. The van der Waals surface area contributed by atoms with E-state index < -0.39 is 11.9 Å². The summed E-state index contributed by atoms with van der Waals surface area (Å²) in [6.07, 6.45) is 0. The summed E-state index contributed by atoms with van der Waals surface area (Å²) in [7, 11) is 3.04. The van der Waals surface area contributed by atoms with E-state index in [1.165, 1.54) is 38.5 Å². The predicted octanol–water partition coefficient (Wildman–Crippen LogP) is 0.115. The van der Waals surface area contributed by atoms with Crippen LogP contribution in [0.3, 0.4) is 0 Å². The smallest absolute Gasteiger partial charge is 0.545 e. The Bertz CT molecular complexity index is 565. The van der Waals surface area contributed by atoms with Crippen LogP contribution in [0.5, 0.6) is 11.5 Å². The Kier molecular flexibility index (Phi) is 9.12. The topological polar surface area (TPSA) is 98.7 Å². The second kappa shape index (κ2) is 10.2. The summed E-state index contributed by atoms with van der Waals surface area (Å²) in [6, 6.07) is 12.1. The van der Waals surface area contributed by atoms with Crippen LogP contribution in [0.15, 0.2) is 48.5 Å². The Morgan fingerprint density at radius 1 is 0.696 bits per heavy atom. The Hall–Kier alpha value is -2.53. The Morgan fingerprint density at radius 2 is 0.957 bits per heavy atom. The van der Waals surface area contributed by atoms with Gasteiger partial charge in [0, 0.05) is 0 Å². The van der Waals surface area contributed by atoms with Gasteiger partial charge in [-0.2, -0.15) is 0 Å². The second-order valence-electron chi connectivity index (χ2n) is 4.03. The van der Waals surface area contributed by atoms with Crippen LogP contribution in [0.2, 0.25) is 0 Å². The summed E-state index contributed by atoms with van der Waals surface area (Å²) in [5.41, 5.74) is 0.316. The van der Waals surface area contributed by atoms with E-state index in [-0.39, 0.29) is 27.6 Å². The number of carboxylic acid groups (broad SMARTS) is 2. The fraction of sp³-hybridized carbons (Fsp3) is 0.125. The molecule has 2 aromatic carbocycles. The minimum atomic E-state index is -1.17. The maximum Gasteiger partial charge on any atom is 2.00 e. The van der Waals surface area contributed by atoms with Crippen LogP contribution in [0.4, 0.5) is 0 Å². The van der Waals surface area contributed by atoms with Gasteiger partial charge in [-0.1, -0.05) is 0 Å². The van der Waals surface area contributed by atoms with Crippen molar-refractivity contribution in [2.45, 2.75) is 0 Å². The number of rotatable bonds is 4. The molecule has 124 valence electrons. The van der Waals surface area contributed by atoms with Gasteiger partial charge in [0.05, 0.1) is 26.2 Å². The molecule has 0 aromatic heterocycles. The van der Waals surface area contributed by atoms with Gasteiger partial charge in [-0.3, -0.25) is 0 Å². The molecule has 0 N–H and O–H groups in total. The molecule has 0 aliphatic rings. The number of hydrogen-bond acceptors (Lipinski definition) is 6. The molecule has 2 rings (SSSR count). The van der Waals surface area contributed by atoms with Crippen LogP contribution < -0.4 is 19.7 Å². The Balaban J connectivity index is 0.000000403. The van der Waals surface area contributed by atoms with Crippen molar-refractivity contribution in [2.75, 3.05) is 14.2 Å². The molecule has 0 aliphatic heterocycles. The van der Waals surface area contributed by atoms with Crippen molar-refractivity contribution in [3.05, 3.63) is 59.7 Å². The molecule has 6 nitrogen and oxygen atoms in total. The van der Waals surface area contributed by atoms with Gasteiger partial charge in [0.1, 0.15) is 11.5 Å². The molecule has 0 saturated heterocycles. The van der Waals surface area contributed by atoms with Crippen molar-refractivity contribution in [2.24, 2.45) is 0 Å². The van der Waals surface area contributed by atoms with E-state index in [4.69, 9.17) is 9.47 Å². The maximum absolute atomic E-state index is 10.2. The molecule has 0 aliphatic carbocycles. The zero-order valence-electron chi connectivity index (χ0n) is 12.4. The molecule has 23 heavy (non-hydrogen) atoms. The molecule has 0 atom stereocenters. The fourth-order valence-corrected chi connectivity index (χ4v) is 1.45. The number of aromatic carboxylic acids is 2. The average Bonchev–Trinajstić information content (AvgIpc) is 2.55. The molecule has 0 fully saturated rings. The van der Waals surface area contributed by atoms with E-state index >= 15 is 0 Å². The number of carbonyl (C=O) groups excluding carboxylic acids is 2. The van der Waals surface area contributed by atoms with E-state index in [2.05, 4.69) is 0 Å². The van der Waals surface area contributed by atoms with Crippen molar-refractivity contribution in [3.63, 3.8) is 0 Å². The van der Waals surface area contributed by atoms with Crippen molar-refractivity contribution in [3.8, 4) is 11.5 Å². The summed E-state index contributed by atoms with van der Waals surface area (Å²) in [5, 5.41) is 20.5. The van der Waals surface area contributed by atoms with Gasteiger partial charge in [-0.05, 0) is 59.7 Å². The first-order valence-corrected chi connectivity index (χ1v) is 6.18. The van der Waals surface area contributed by atoms with Crippen LogP contribution in [0.25, 0.3) is 0 Å². The van der Waals surface area contributed by atoms with E-state index in [1.54, 1.807) is 24.3 Å². The largest absolute Gasteiger partial charge is 2.00 e. The van der Waals surface area contributed by atoms with Gasteiger partial charge < -0.3 is 29.3 Å². The third-order valence-electron chi connectivity index (χ3n) is 2.65. The zero-order chi connectivity index (χ0) is 16.5. The first-order valence-electron chi connectivity index (χ1n) is 6.18. The van der Waals surface area contributed by atoms with E-state index in [1.807, 2.05) is 0 Å². The van der Waals surface area contributed by atoms with Crippen molar-refractivity contribution in [1.29, 1.82) is 0 Å². The van der Waals surface area contributed by atoms with E-state index in [9.17, 15) is 19.8 Å². The van der Waals surface area contributed by atoms with Crippen molar-refractivity contribution >= 4 is 11.9 Å². The van der Waals surface area contributed by atoms with Crippen LogP contribution in [0.1, 0.15) is 20.7 Å². The fourth-order valence-electron chi connectivity index (χ4n) is 1.45. The molecule has 0 unspecified atom stereocenters. The second-order valence-corrected chi connectivity index (χ2v) is 4.03. The van der Waals surface area contributed by atoms with Gasteiger partial charge in [0.15, 0.2) is 0 Å². The molecular formula is C16H14NiO6. The summed E-state index contributed by atoms with van der Waals surface area (Å²) in [4.78, 5) is 20.5. The third-order valence-corrected chi connectivity index (χ3v) is 2.65. The number of methoxy groups -OCH3 is 2. The summed E-state index contributed by atoms with van der Waals surface area (Å²) < 4.78 is 9.67. The summed E-state index contributed by atoms with van der Waals surface area (Å²) in [6.45, 7) is 0. The molecule has 0 amide bonds. The minimum absolute atomic E-state index is 0. The standard InChI is InChI=1S/2C8H8O3.Ni/c2*1-11-7-4-2-6(3-5-7)8(9)10;/h2*2-5H,1H3,(H,9,10);/q;;+2/p-2. The minimum Gasteiger partial charge on any atom is -0.545 e. The molecule has 0 spiro atoms. The van der Waals surface area contributed by atoms with Crippen LogP contribution in [-0.2, 0) is 16.5 Å². The number of carbonyl (C=O) groups is 2. The van der Waals surface area contributed by atoms with Crippen LogP contribution >= 0.6 is 0 Å². The normalized spacial score (nSPS) is 8.78. The molecule has 0 saturated carbocycles. The van der Waals surface area contributed by atoms with Gasteiger partial charge in [0.25, 0.3) is 0 Å². The Labute approximate surface area is 143 Å². The van der Waals surface area contributed by atoms with Crippen LogP contribution in [0, 0.1) is 0 Å². The van der Waals surface area contributed by atoms with E-state index in [0.29, 0.717) is 11.5 Å². The molecule has 2 aromatic rings. The van der Waals surface area contributed by atoms with Gasteiger partial charge in [-0.25, -0.2) is 0 Å². The SMILES string of the molecule is COc1ccc(C(=O)[O-])cc1.COc1ccc(C(=O)[O-])cc1.[Ni+2]. The van der Waals surface area contributed by atoms with Crippen LogP contribution in [-0.4, -0.2) is 26.2 Å². The predicted molar refractivity (Wildman–Crippen MR) is 74.6 cm³/mol. The molecular weight excluding hydrogens is 347 g/mol. The van der Waals surface area contributed by atoms with Gasteiger partial charge in [-0.15, -0.1) is 0 Å². The van der Waals surface area contributed by atoms with Crippen molar-refractivity contribution in [1.82, 2.24) is 0 Å².